The maximum Gasteiger partial charge on any atom is 0.252 e. The van der Waals surface area contributed by atoms with Crippen molar-refractivity contribution in [1.82, 2.24) is 5.32 Å². The molecule has 2 heterocycles. The average Bonchev–Trinajstić information content (AvgIpc) is 3.02. The molecule has 0 unspecified atom stereocenters. The number of aliphatic hydroxyl groups is 1. The Labute approximate surface area is 108 Å². The summed E-state index contributed by atoms with van der Waals surface area (Å²) in [6, 6.07) is 3.69. The summed E-state index contributed by atoms with van der Waals surface area (Å²) >= 11 is 3.06. The van der Waals surface area contributed by atoms with Gasteiger partial charge in [0.15, 0.2) is 0 Å². The Bertz CT molecular complexity index is 451. The number of carbonyl (C=O) groups is 1. The number of aliphatic hydroxyl groups excluding tert-OH is 1. The van der Waals surface area contributed by atoms with Crippen LogP contribution in [0.25, 0.3) is 0 Å². The van der Waals surface area contributed by atoms with Gasteiger partial charge >= 0.3 is 0 Å². The Morgan fingerprint density at radius 1 is 1.29 bits per heavy atom. The van der Waals surface area contributed by atoms with Crippen molar-refractivity contribution in [2.24, 2.45) is 0 Å². The van der Waals surface area contributed by atoms with Crippen LogP contribution in [0.2, 0.25) is 0 Å². The summed E-state index contributed by atoms with van der Waals surface area (Å²) in [4.78, 5) is 11.6. The molecule has 0 fully saturated rings. The van der Waals surface area contributed by atoms with E-state index in [9.17, 15) is 9.90 Å². The van der Waals surface area contributed by atoms with Crippen molar-refractivity contribution in [3.05, 3.63) is 44.8 Å². The minimum atomic E-state index is -0.496. The molecule has 2 aromatic heterocycles. The molecule has 0 radical (unpaired) electrons. The minimum absolute atomic E-state index is 0.0798. The quantitative estimate of drug-likeness (QED) is 0.875. The maximum absolute atomic E-state index is 11.6. The smallest absolute Gasteiger partial charge is 0.252 e. The maximum atomic E-state index is 11.6. The van der Waals surface area contributed by atoms with Gasteiger partial charge in [-0.25, -0.2) is 0 Å². The van der Waals surface area contributed by atoms with Crippen LogP contribution < -0.4 is 5.32 Å². The molecule has 0 saturated heterocycles. The highest BCUT2D eigenvalue weighted by atomic mass is 32.1. The lowest BCUT2D eigenvalue weighted by Crippen LogP contribution is -2.25. The summed E-state index contributed by atoms with van der Waals surface area (Å²) < 4.78 is 0. The molecule has 0 aliphatic heterocycles. The average molecular weight is 267 g/mol. The zero-order chi connectivity index (χ0) is 12.1. The lowest BCUT2D eigenvalue weighted by molar-refractivity contribution is 0.0943. The van der Waals surface area contributed by atoms with Crippen LogP contribution in [0.4, 0.5) is 0 Å². The van der Waals surface area contributed by atoms with Gasteiger partial charge in [-0.15, -0.1) is 0 Å². The standard InChI is InChI=1S/C12H13NO2S2/c14-11(9-2-5-16-7-9)1-4-13-12(15)10-3-6-17-8-10/h2-3,5-8,11,14H,1,4H2,(H,13,15)/t11-/m0/s1. The molecule has 0 saturated carbocycles. The first kappa shape index (κ1) is 12.3. The molecule has 0 spiro atoms. The third kappa shape index (κ3) is 3.39. The normalized spacial score (nSPS) is 12.3. The Morgan fingerprint density at radius 2 is 2.06 bits per heavy atom. The van der Waals surface area contributed by atoms with E-state index in [4.69, 9.17) is 0 Å². The first-order chi connectivity index (χ1) is 8.27. The highest BCUT2D eigenvalue weighted by Gasteiger charge is 2.09. The van der Waals surface area contributed by atoms with Crippen LogP contribution in [0.1, 0.15) is 28.4 Å². The first-order valence-electron chi connectivity index (χ1n) is 5.28. The van der Waals surface area contributed by atoms with Gasteiger partial charge in [-0.05, 0) is 40.3 Å². The van der Waals surface area contributed by atoms with Crippen LogP contribution in [-0.2, 0) is 0 Å². The van der Waals surface area contributed by atoms with Crippen LogP contribution in [-0.4, -0.2) is 17.6 Å². The van der Waals surface area contributed by atoms with Crippen LogP contribution in [0.5, 0.6) is 0 Å². The van der Waals surface area contributed by atoms with E-state index in [2.05, 4.69) is 5.32 Å². The summed E-state index contributed by atoms with van der Waals surface area (Å²) in [5.41, 5.74) is 1.60. The number of hydrogen-bond acceptors (Lipinski definition) is 4. The first-order valence-corrected chi connectivity index (χ1v) is 7.16. The third-order valence-corrected chi connectivity index (χ3v) is 3.80. The van der Waals surface area contributed by atoms with E-state index in [-0.39, 0.29) is 5.91 Å². The van der Waals surface area contributed by atoms with Gasteiger partial charge in [0, 0.05) is 17.5 Å². The summed E-state index contributed by atoms with van der Waals surface area (Å²) in [5.74, 6) is -0.0798. The molecule has 2 rings (SSSR count). The second-order valence-corrected chi connectivity index (χ2v) is 5.19. The summed E-state index contributed by atoms with van der Waals surface area (Å²) in [5, 5.41) is 20.1. The largest absolute Gasteiger partial charge is 0.388 e. The molecule has 0 aliphatic carbocycles. The number of carbonyl (C=O) groups excluding carboxylic acids is 1. The Morgan fingerprint density at radius 3 is 2.71 bits per heavy atom. The molecule has 0 aromatic carbocycles. The zero-order valence-electron chi connectivity index (χ0n) is 9.13. The van der Waals surface area contributed by atoms with Gasteiger partial charge in [-0.1, -0.05) is 0 Å². The fourth-order valence-corrected chi connectivity index (χ4v) is 2.79. The zero-order valence-corrected chi connectivity index (χ0v) is 10.8. The second-order valence-electron chi connectivity index (χ2n) is 3.63. The lowest BCUT2D eigenvalue weighted by atomic mass is 10.1. The molecule has 2 N–H and O–H groups in total. The van der Waals surface area contributed by atoms with Crippen LogP contribution in [0, 0.1) is 0 Å². The van der Waals surface area contributed by atoms with Crippen molar-refractivity contribution in [3.63, 3.8) is 0 Å². The van der Waals surface area contributed by atoms with E-state index in [0.717, 1.165) is 5.56 Å². The number of thiophene rings is 2. The van der Waals surface area contributed by atoms with Crippen molar-refractivity contribution in [2.45, 2.75) is 12.5 Å². The Balaban J connectivity index is 1.75. The van der Waals surface area contributed by atoms with E-state index >= 15 is 0 Å². The van der Waals surface area contributed by atoms with Gasteiger partial charge in [-0.3, -0.25) is 4.79 Å². The van der Waals surface area contributed by atoms with Crippen molar-refractivity contribution in [1.29, 1.82) is 0 Å². The van der Waals surface area contributed by atoms with E-state index in [1.807, 2.05) is 27.6 Å². The molecular formula is C12H13NO2S2. The van der Waals surface area contributed by atoms with Crippen LogP contribution in [0.3, 0.4) is 0 Å². The minimum Gasteiger partial charge on any atom is -0.388 e. The number of hydrogen-bond donors (Lipinski definition) is 2. The highest BCUT2D eigenvalue weighted by molar-refractivity contribution is 7.08. The van der Waals surface area contributed by atoms with Crippen LogP contribution in [0.15, 0.2) is 33.7 Å². The fourth-order valence-electron chi connectivity index (χ4n) is 1.45. The van der Waals surface area contributed by atoms with Gasteiger partial charge in [-0.2, -0.15) is 22.7 Å². The Hall–Kier alpha value is -1.17. The molecule has 90 valence electrons. The molecule has 3 nitrogen and oxygen atoms in total. The molecule has 2 aromatic rings. The number of rotatable bonds is 5. The molecule has 0 bridgehead atoms. The Kier molecular flexibility index (Phi) is 4.30. The predicted molar refractivity (Wildman–Crippen MR) is 70.5 cm³/mol. The molecule has 5 heteroatoms. The summed E-state index contributed by atoms with van der Waals surface area (Å²) in [6.07, 6.45) is 0.0381. The monoisotopic (exact) mass is 267 g/mol. The van der Waals surface area contributed by atoms with E-state index < -0.39 is 6.10 Å². The van der Waals surface area contributed by atoms with E-state index in [0.29, 0.717) is 18.5 Å². The molecule has 1 amide bonds. The summed E-state index contributed by atoms with van der Waals surface area (Å²) in [7, 11) is 0. The van der Waals surface area contributed by atoms with E-state index in [1.54, 1.807) is 17.4 Å². The summed E-state index contributed by atoms with van der Waals surface area (Å²) in [6.45, 7) is 0.478. The number of nitrogens with one attached hydrogen (secondary N) is 1. The molecule has 17 heavy (non-hydrogen) atoms. The lowest BCUT2D eigenvalue weighted by Gasteiger charge is -2.09. The van der Waals surface area contributed by atoms with Crippen LogP contribution >= 0.6 is 22.7 Å². The third-order valence-electron chi connectivity index (χ3n) is 2.41. The topological polar surface area (TPSA) is 49.3 Å². The predicted octanol–water partition coefficient (Wildman–Crippen LogP) is 2.66. The van der Waals surface area contributed by atoms with Gasteiger partial charge in [0.25, 0.3) is 5.91 Å². The van der Waals surface area contributed by atoms with Gasteiger partial charge in [0.1, 0.15) is 0 Å². The molecule has 1 atom stereocenters. The second kappa shape index (κ2) is 5.95. The van der Waals surface area contributed by atoms with Crippen molar-refractivity contribution in [2.75, 3.05) is 6.54 Å². The van der Waals surface area contributed by atoms with Crippen molar-refractivity contribution < 1.29 is 9.90 Å². The van der Waals surface area contributed by atoms with Gasteiger partial charge in [0.05, 0.1) is 6.10 Å². The van der Waals surface area contributed by atoms with E-state index in [1.165, 1.54) is 11.3 Å². The van der Waals surface area contributed by atoms with Gasteiger partial charge < -0.3 is 10.4 Å². The fraction of sp³-hybridized carbons (Fsp3) is 0.250. The number of amides is 1. The highest BCUT2D eigenvalue weighted by Crippen LogP contribution is 2.18. The SMILES string of the molecule is O=C(NCC[C@H](O)c1ccsc1)c1ccsc1. The molecule has 0 aliphatic rings. The van der Waals surface area contributed by atoms with Crippen molar-refractivity contribution in [3.8, 4) is 0 Å². The van der Waals surface area contributed by atoms with Gasteiger partial charge in [0.2, 0.25) is 0 Å². The molecular weight excluding hydrogens is 254 g/mol. The van der Waals surface area contributed by atoms with Crippen molar-refractivity contribution >= 4 is 28.6 Å².